The second-order valence-corrected chi connectivity index (χ2v) is 13.5. The van der Waals surface area contributed by atoms with E-state index in [0.29, 0.717) is 35.1 Å². The van der Waals surface area contributed by atoms with Crippen molar-refractivity contribution in [3.8, 4) is 16.9 Å². The number of hydrogen-bond donors (Lipinski definition) is 1. The first-order chi connectivity index (χ1) is 23.4. The second kappa shape index (κ2) is 17.9. The number of carbonyl (C=O) groups is 1. The van der Waals surface area contributed by atoms with E-state index in [9.17, 15) is 9.35 Å². The van der Waals surface area contributed by atoms with Crippen LogP contribution >= 0.6 is 0 Å². The van der Waals surface area contributed by atoms with E-state index in [1.165, 1.54) is 0 Å². The van der Waals surface area contributed by atoms with Gasteiger partial charge in [0.05, 0.1) is 24.8 Å². The third-order valence-corrected chi connectivity index (χ3v) is 9.63. The van der Waals surface area contributed by atoms with Gasteiger partial charge in [0.2, 0.25) is 0 Å². The number of nitrogens with zero attached hydrogens (tertiary/aromatic N) is 4. The number of anilines is 2. The fraction of sp³-hybridized carbons (Fsp3) is 0.395. The van der Waals surface area contributed by atoms with Crippen molar-refractivity contribution in [2.24, 2.45) is 0 Å². The summed E-state index contributed by atoms with van der Waals surface area (Å²) in [6.07, 6.45) is 12.8. The van der Waals surface area contributed by atoms with Gasteiger partial charge in [-0.15, -0.1) is 0 Å². The Morgan fingerprint density at radius 2 is 1.75 bits per heavy atom. The van der Waals surface area contributed by atoms with E-state index in [2.05, 4.69) is 35.1 Å². The molecule has 48 heavy (non-hydrogen) atoms. The Morgan fingerprint density at radius 3 is 2.48 bits per heavy atom. The predicted octanol–water partition coefficient (Wildman–Crippen LogP) is 7.50. The summed E-state index contributed by atoms with van der Waals surface area (Å²) in [4.78, 5) is 25.4. The number of ether oxygens (including phenoxy) is 2. The Balaban J connectivity index is 1.25. The molecule has 1 saturated heterocycles. The van der Waals surface area contributed by atoms with Gasteiger partial charge in [-0.2, -0.15) is 0 Å². The second-order valence-electron chi connectivity index (χ2n) is 12.0. The molecule has 10 heteroatoms. The van der Waals surface area contributed by atoms with Crippen LogP contribution in [0.25, 0.3) is 17.2 Å². The van der Waals surface area contributed by atoms with Gasteiger partial charge in [0.15, 0.2) is 10.6 Å². The van der Waals surface area contributed by atoms with E-state index < -0.39 is 11.2 Å². The van der Waals surface area contributed by atoms with E-state index in [0.717, 1.165) is 92.3 Å². The average Bonchev–Trinajstić information content (AvgIpc) is 3.80. The molecule has 0 radical (unpaired) electrons. The van der Waals surface area contributed by atoms with Crippen molar-refractivity contribution in [3.05, 3.63) is 90.1 Å². The number of hydrogen-bond acceptors (Lipinski definition) is 7. The highest BCUT2D eigenvalue weighted by molar-refractivity contribution is 7.90. The lowest BCUT2D eigenvalue weighted by atomic mass is 10.0. The summed E-state index contributed by atoms with van der Waals surface area (Å²) in [5.74, 6) is 1.88. The molecule has 254 valence electrons. The van der Waals surface area contributed by atoms with Crippen LogP contribution in [-0.4, -0.2) is 57.9 Å². The van der Waals surface area contributed by atoms with Crippen molar-refractivity contribution in [1.29, 1.82) is 0 Å². The Hall–Kier alpha value is -4.12. The topological polar surface area (TPSA) is 105 Å². The highest BCUT2D eigenvalue weighted by Crippen LogP contribution is 2.30. The van der Waals surface area contributed by atoms with E-state index >= 15 is 0 Å². The lowest BCUT2D eigenvalue weighted by Gasteiger charge is -2.20. The maximum Gasteiger partial charge on any atom is 0.251 e. The predicted molar refractivity (Wildman–Crippen MR) is 194 cm³/mol. The van der Waals surface area contributed by atoms with Crippen molar-refractivity contribution in [3.63, 3.8) is 0 Å². The number of pyridine rings is 1. The molecule has 0 spiro atoms. The number of amides is 1. The molecule has 1 fully saturated rings. The van der Waals surface area contributed by atoms with Crippen molar-refractivity contribution < 1.29 is 18.8 Å². The molecule has 2 aromatic heterocycles. The molecular weight excluding hydrogens is 623 g/mol. The lowest BCUT2D eigenvalue weighted by molar-refractivity contribution is -0.112. The first-order valence-electron chi connectivity index (χ1n) is 17.0. The highest BCUT2D eigenvalue weighted by Gasteiger charge is 2.19. The maximum atomic E-state index is 13.3. The van der Waals surface area contributed by atoms with Gasteiger partial charge in [-0.3, -0.25) is 4.79 Å². The molecule has 3 heterocycles. The van der Waals surface area contributed by atoms with Crippen molar-refractivity contribution >= 4 is 34.7 Å². The molecule has 1 aliphatic rings. The molecule has 0 unspecified atom stereocenters. The first kappa shape index (κ1) is 35.2. The van der Waals surface area contributed by atoms with Gasteiger partial charge < -0.3 is 28.8 Å². The van der Waals surface area contributed by atoms with Crippen LogP contribution < -0.4 is 15.0 Å². The van der Waals surface area contributed by atoms with Crippen LogP contribution in [0.4, 0.5) is 11.5 Å². The number of unbranched alkanes of at least 4 members (excludes halogenated alkanes) is 1. The Morgan fingerprint density at radius 1 is 0.979 bits per heavy atom. The van der Waals surface area contributed by atoms with E-state index in [1.54, 1.807) is 24.7 Å². The molecule has 0 aliphatic carbocycles. The average molecular weight is 670 g/mol. The number of rotatable bonds is 17. The Kier molecular flexibility index (Phi) is 13.1. The van der Waals surface area contributed by atoms with E-state index in [-0.39, 0.29) is 5.91 Å². The molecule has 1 amide bonds. The smallest absolute Gasteiger partial charge is 0.251 e. The van der Waals surface area contributed by atoms with Crippen molar-refractivity contribution in [2.45, 2.75) is 70.1 Å². The molecular formula is C38H47N5O4S. The van der Waals surface area contributed by atoms with Crippen LogP contribution in [0.2, 0.25) is 0 Å². The van der Waals surface area contributed by atoms with Crippen LogP contribution in [0.5, 0.6) is 5.75 Å². The van der Waals surface area contributed by atoms with Crippen LogP contribution in [0.1, 0.15) is 64.1 Å². The van der Waals surface area contributed by atoms with Crippen LogP contribution in [0, 0.1) is 0 Å². The summed E-state index contributed by atoms with van der Waals surface area (Å²) in [6, 6.07) is 17.3. The largest absolute Gasteiger partial charge is 0.611 e. The SMILES string of the molecule is CCCCOCCOc1ccc(-c2cnc(N3CCCC3)c(C=C(C)C(=O)Nc3ccc([S@@+]([O-])Cc4cncn4CCC)cc3)c2)cc1. The quantitative estimate of drug-likeness (QED) is 0.0705. The van der Waals surface area contributed by atoms with Crippen molar-refractivity contribution in [1.82, 2.24) is 14.5 Å². The Bertz CT molecular complexity index is 1630. The van der Waals surface area contributed by atoms with Crippen molar-refractivity contribution in [2.75, 3.05) is 43.1 Å². The van der Waals surface area contributed by atoms with Gasteiger partial charge in [0, 0.05) is 54.8 Å². The molecule has 4 aromatic rings. The molecule has 1 atom stereocenters. The minimum Gasteiger partial charge on any atom is -0.611 e. The van der Waals surface area contributed by atoms with Gasteiger partial charge in [-0.05, 0) is 97.9 Å². The molecule has 2 aromatic carbocycles. The first-order valence-corrected chi connectivity index (χ1v) is 18.3. The zero-order valence-corrected chi connectivity index (χ0v) is 29.1. The monoisotopic (exact) mass is 669 g/mol. The molecule has 1 N–H and O–H groups in total. The van der Waals surface area contributed by atoms with E-state index in [4.69, 9.17) is 14.5 Å². The minimum atomic E-state index is -1.22. The number of imidazole rings is 1. The fourth-order valence-corrected chi connectivity index (χ4v) is 6.70. The molecule has 5 rings (SSSR count). The molecule has 0 bridgehead atoms. The summed E-state index contributed by atoms with van der Waals surface area (Å²) >= 11 is -1.22. The highest BCUT2D eigenvalue weighted by atomic mass is 32.2. The van der Waals surface area contributed by atoms with Crippen LogP contribution in [0.15, 0.2) is 83.8 Å². The third kappa shape index (κ3) is 9.71. The standard InChI is InChI=1S/C38H47N5O4S/c1-4-6-20-46-21-22-47-35-13-9-30(10-14-35)32-24-31(37(40-25-32)42-18-7-8-19-42)23-29(3)38(44)41-33-11-15-36(16-12-33)48(45)27-34-26-39-28-43(34)17-5-2/h9-16,23-26,28H,4-8,17-22,27H2,1-3H3,(H,41,44)/t48-/m0/s1. The summed E-state index contributed by atoms with van der Waals surface area (Å²) in [5, 5.41) is 2.99. The molecule has 1 aliphatic heterocycles. The maximum absolute atomic E-state index is 13.3. The van der Waals surface area contributed by atoms with Crippen LogP contribution in [-0.2, 0) is 33.0 Å². The van der Waals surface area contributed by atoms with Gasteiger partial charge in [0.1, 0.15) is 18.2 Å². The normalized spacial score (nSPS) is 13.9. The van der Waals surface area contributed by atoms with Gasteiger partial charge in [-0.25, -0.2) is 9.97 Å². The summed E-state index contributed by atoms with van der Waals surface area (Å²) in [5.41, 5.74) is 5.05. The summed E-state index contributed by atoms with van der Waals surface area (Å²) in [7, 11) is 0. The van der Waals surface area contributed by atoms with Gasteiger partial charge >= 0.3 is 0 Å². The molecule has 9 nitrogen and oxygen atoms in total. The number of aromatic nitrogens is 3. The molecule has 0 saturated carbocycles. The lowest BCUT2D eigenvalue weighted by Crippen LogP contribution is -2.20. The summed E-state index contributed by atoms with van der Waals surface area (Å²) in [6.45, 7) is 10.7. The third-order valence-electron chi connectivity index (χ3n) is 8.27. The van der Waals surface area contributed by atoms with E-state index in [1.807, 2.05) is 60.2 Å². The van der Waals surface area contributed by atoms with Gasteiger partial charge in [-0.1, -0.05) is 32.4 Å². The zero-order chi connectivity index (χ0) is 33.7. The van der Waals surface area contributed by atoms with Crippen LogP contribution in [0.3, 0.4) is 0 Å². The number of aryl methyl sites for hydroxylation is 1. The number of benzene rings is 2. The van der Waals surface area contributed by atoms with Gasteiger partial charge in [0.25, 0.3) is 5.91 Å². The number of carbonyl (C=O) groups excluding carboxylic acids is 1. The summed E-state index contributed by atoms with van der Waals surface area (Å²) < 4.78 is 26.5. The number of nitrogens with one attached hydrogen (secondary N) is 1. The fourth-order valence-electron chi connectivity index (χ4n) is 5.59. The zero-order valence-electron chi connectivity index (χ0n) is 28.3. The Labute approximate surface area is 287 Å². The minimum absolute atomic E-state index is 0.203.